The average Bonchev–Trinajstić information content (AvgIpc) is 1.65. The van der Waals surface area contributed by atoms with E-state index in [0.29, 0.717) is 86.8 Å². The van der Waals surface area contributed by atoms with Gasteiger partial charge in [0, 0.05) is 85.7 Å². The number of methoxy groups -OCH3 is 1. The summed E-state index contributed by atoms with van der Waals surface area (Å²) in [6, 6.07) is -6.68. The van der Waals surface area contributed by atoms with E-state index in [9.17, 15) is 72.9 Å². The number of unbranched alkanes of at least 4 members (excludes halogenated alkanes) is 2. The molecule has 5 rings (SSSR count). The number of carbonyl (C=O) groups excluding carboxylic acids is 11. The van der Waals surface area contributed by atoms with E-state index in [1.807, 2.05) is 0 Å². The van der Waals surface area contributed by atoms with Crippen LogP contribution in [0.2, 0.25) is 0 Å². The zero-order valence-electron chi connectivity index (χ0n) is 51.6. The highest BCUT2D eigenvalue weighted by Crippen LogP contribution is 2.38. The first-order chi connectivity index (χ1) is 42.6. The van der Waals surface area contributed by atoms with E-state index in [1.54, 1.807) is 56.5 Å². The molecule has 0 aliphatic carbocycles. The summed E-state index contributed by atoms with van der Waals surface area (Å²) in [5.74, 6) is -12.9. The molecule has 2 saturated heterocycles. The number of aromatic nitrogens is 1. The maximum Gasteiger partial charge on any atom is 0.304 e. The van der Waals surface area contributed by atoms with E-state index in [4.69, 9.17) is 21.3 Å². The van der Waals surface area contributed by atoms with Gasteiger partial charge in [-0.25, -0.2) is 0 Å². The normalized spacial score (nSPS) is 23.0. The van der Waals surface area contributed by atoms with E-state index in [-0.39, 0.29) is 52.2 Å². The molecule has 2 fully saturated rings. The molecule has 500 valence electrons. The number of benzene rings is 1. The number of aromatic amines is 1. The molecule has 0 saturated carbocycles. The van der Waals surface area contributed by atoms with Gasteiger partial charge in [-0.3, -0.25) is 61.7 Å². The van der Waals surface area contributed by atoms with Crippen molar-refractivity contribution in [3.05, 3.63) is 23.3 Å². The number of nitrogens with two attached hydrogens (primary N) is 2. The predicted octanol–water partition coefficient (Wildman–Crippen LogP) is -2.84. The Labute approximate surface area is 527 Å². The topological polar surface area (TPSA) is 471 Å². The number of fused-ring (bicyclic) bond motifs is 4. The number of carbonyl (C=O) groups is 12. The van der Waals surface area contributed by atoms with Crippen molar-refractivity contribution in [2.75, 3.05) is 52.2 Å². The Morgan fingerprint density at radius 2 is 1.60 bits per heavy atom. The van der Waals surface area contributed by atoms with Gasteiger partial charge in [0.05, 0.1) is 67.4 Å². The number of nitrogens with one attached hydrogen (secondary N) is 8. The van der Waals surface area contributed by atoms with Crippen LogP contribution in [0.5, 0.6) is 5.75 Å². The number of likely N-dealkylation sites (tertiary alicyclic amines) is 1. The van der Waals surface area contributed by atoms with Crippen molar-refractivity contribution in [3.63, 3.8) is 0 Å². The predicted molar refractivity (Wildman–Crippen MR) is 327 cm³/mol. The maximum absolute atomic E-state index is 15.3. The molecule has 12 atom stereocenters. The van der Waals surface area contributed by atoms with Gasteiger partial charge in [0.2, 0.25) is 65.0 Å². The highest BCUT2D eigenvalue weighted by molar-refractivity contribution is 7.99. The molecule has 2 aromatic rings. The number of aliphatic hydroxyl groups is 3. The maximum atomic E-state index is 15.3. The fourth-order valence-corrected chi connectivity index (χ4v) is 13.5. The second-order valence-electron chi connectivity index (χ2n) is 23.1. The van der Waals surface area contributed by atoms with Crippen molar-refractivity contribution < 1.29 is 86.9 Å². The minimum Gasteiger partial charge on any atom is -0.496 e. The van der Waals surface area contributed by atoms with Crippen LogP contribution in [0.15, 0.2) is 17.2 Å². The number of piperidine rings is 1. The Morgan fingerprint density at radius 3 is 2.22 bits per heavy atom. The van der Waals surface area contributed by atoms with Gasteiger partial charge in [-0.1, -0.05) is 47.5 Å². The first-order valence-corrected chi connectivity index (χ1v) is 32.6. The van der Waals surface area contributed by atoms with Gasteiger partial charge in [0.25, 0.3) is 0 Å². The Kier molecular flexibility index (Phi) is 28.3. The Balaban J connectivity index is 1.52. The number of rotatable bonds is 27. The van der Waals surface area contributed by atoms with Gasteiger partial charge < -0.3 is 88.6 Å². The van der Waals surface area contributed by atoms with Crippen molar-refractivity contribution in [1.82, 2.24) is 52.0 Å². The second-order valence-corrected chi connectivity index (χ2v) is 25.8. The van der Waals surface area contributed by atoms with Crippen LogP contribution in [0.3, 0.4) is 0 Å². The number of hydrogen-bond acceptors (Lipinski definition) is 18. The van der Waals surface area contributed by atoms with E-state index in [0.717, 1.165) is 4.90 Å². The Hall–Kier alpha value is -7.42. The molecule has 30 nitrogen and oxygen atoms in total. The quantitative estimate of drug-likeness (QED) is 0.0401. The summed E-state index contributed by atoms with van der Waals surface area (Å²) in [7, 11) is -1.04. The molecule has 3 aliphatic heterocycles. The van der Waals surface area contributed by atoms with Crippen LogP contribution >= 0.6 is 11.8 Å². The number of ether oxygens (including phenoxy) is 1. The summed E-state index contributed by atoms with van der Waals surface area (Å²) in [5.41, 5.74) is 12.6. The number of primary amides is 2. The molecule has 90 heavy (non-hydrogen) atoms. The summed E-state index contributed by atoms with van der Waals surface area (Å²) in [5, 5.41) is 58.6. The first-order valence-electron chi connectivity index (χ1n) is 30.2. The molecular weight excluding hydrogens is 1220 g/mol. The minimum atomic E-state index is -2.47. The largest absolute Gasteiger partial charge is 0.496 e. The Bertz CT molecular complexity index is 2980. The van der Waals surface area contributed by atoms with Crippen molar-refractivity contribution in [3.8, 4) is 5.75 Å². The summed E-state index contributed by atoms with van der Waals surface area (Å²) >= 11 is 1.55. The van der Waals surface area contributed by atoms with Crippen LogP contribution in [0.4, 0.5) is 0 Å². The smallest absolute Gasteiger partial charge is 0.304 e. The third-order valence-electron chi connectivity index (χ3n) is 16.5. The highest BCUT2D eigenvalue weighted by Gasteiger charge is 2.45. The number of hydrogen-bond donors (Lipinski definition) is 14. The number of aliphatic carboxylic acids is 1. The first kappa shape index (κ1) is 73.3. The number of aliphatic hydroxyl groups excluding tert-OH is 3. The Morgan fingerprint density at radius 1 is 0.900 bits per heavy atom. The molecule has 0 spiro atoms. The molecule has 32 heteroatoms. The molecule has 11 amide bonds. The molecule has 0 radical (unpaired) electrons. The molecular formula is C58H88N12O18S2. The molecule has 4 heterocycles. The SMILES string of the molecule is CCC(=O)N[C@H](C(=O)NCC(=O)N[C@H]1CS(=O)c2[nH]c3c(CSC4CCN(C(=O)CCCCCNC(=O)C(C)CC(=O)O)CC4)c(OC)ccc3c2C[C@@H](C(N)=O)NC(=O)[C@H]([C@@H](C)[C@@H](O)CO)NC(=O)[C@@H]2C[C@@H](O)CN2C(=O)[C@H](CC(N)=O)NC1=O)[C@@H](C)CC. The molecule has 0 bridgehead atoms. The summed E-state index contributed by atoms with van der Waals surface area (Å²) in [6.07, 6.45) is -1.21. The number of nitrogens with zero attached hydrogens (tertiary/aromatic N) is 2. The van der Waals surface area contributed by atoms with E-state index < -0.39 is 175 Å². The van der Waals surface area contributed by atoms with Crippen LogP contribution < -0.4 is 53.4 Å². The number of H-pyrrole nitrogens is 1. The third kappa shape index (κ3) is 20.3. The van der Waals surface area contributed by atoms with Gasteiger partial charge in [-0.2, -0.15) is 11.8 Å². The number of carboxylic acid groups (broad SMARTS) is 1. The zero-order chi connectivity index (χ0) is 66.7. The fraction of sp³-hybridized carbons (Fsp3) is 0.655. The van der Waals surface area contributed by atoms with E-state index in [1.165, 1.54) is 14.0 Å². The standard InChI is InChI=1S/C58H88N12O18S2/c1-7-29(3)48(66-44(75)8-2)55(84)62-24-45(76)63-39-28-90(87)57-35(22-37(51(60)80)64-56(85)49(31(5)41(73)26-71)67-54(83)40-21-32(72)25-70(40)58(86)38(23-43(59)74)65-53(39)82)34-13-14-42(88-6)36(50(34)68-57)27-89-33-15-18-69(19-16-33)46(77)12-10-9-11-17-61-52(81)30(4)20-47(78)79/h13-14,29-33,37-41,48-49,68,71-73H,7-12,15-28H2,1-6H3,(H2,59,74)(H2,60,80)(H,61,81)(H,62,84)(H,63,76)(H,64,85)(H,65,82)(H,66,75)(H,67,83)(H,78,79)/t29-,30?,31-,32+,37-,38-,39-,40-,41-,48-,49-,90?/m0/s1. The number of thioether (sulfide) groups is 1. The van der Waals surface area contributed by atoms with Gasteiger partial charge in [0.1, 0.15) is 47.0 Å². The lowest BCUT2D eigenvalue weighted by atomic mass is 9.93. The molecule has 1 aromatic heterocycles. The fourth-order valence-electron chi connectivity index (χ4n) is 10.9. The van der Waals surface area contributed by atoms with Crippen LogP contribution in [0.25, 0.3) is 10.9 Å². The second kappa shape index (κ2) is 34.7. The van der Waals surface area contributed by atoms with Crippen LogP contribution in [0.1, 0.15) is 116 Å². The van der Waals surface area contributed by atoms with Crippen molar-refractivity contribution in [2.45, 2.75) is 176 Å². The average molecular weight is 1310 g/mol. The lowest BCUT2D eigenvalue weighted by molar-refractivity contribution is -0.144. The number of amides is 11. The zero-order valence-corrected chi connectivity index (χ0v) is 53.2. The van der Waals surface area contributed by atoms with Gasteiger partial charge in [0.15, 0.2) is 0 Å². The lowest BCUT2D eigenvalue weighted by Crippen LogP contribution is -2.61. The molecule has 16 N–H and O–H groups in total. The van der Waals surface area contributed by atoms with Crippen LogP contribution in [-0.2, 0) is 80.5 Å². The summed E-state index contributed by atoms with van der Waals surface area (Å²) < 4.78 is 21.2. The van der Waals surface area contributed by atoms with E-state index in [2.05, 4.69) is 42.2 Å². The third-order valence-corrected chi connectivity index (χ3v) is 19.3. The monoisotopic (exact) mass is 1300 g/mol. The van der Waals surface area contributed by atoms with Gasteiger partial charge >= 0.3 is 5.97 Å². The van der Waals surface area contributed by atoms with E-state index >= 15 is 4.21 Å². The van der Waals surface area contributed by atoms with Crippen molar-refractivity contribution >= 4 is 104 Å². The highest BCUT2D eigenvalue weighted by atomic mass is 32.2. The minimum absolute atomic E-state index is 0.0134. The van der Waals surface area contributed by atoms with Crippen molar-refractivity contribution in [1.29, 1.82) is 0 Å². The van der Waals surface area contributed by atoms with Gasteiger partial charge in [-0.15, -0.1) is 0 Å². The molecule has 2 unspecified atom stereocenters. The van der Waals surface area contributed by atoms with Crippen LogP contribution in [-0.4, -0.2) is 216 Å². The van der Waals surface area contributed by atoms with Crippen molar-refractivity contribution in [2.24, 2.45) is 29.2 Å². The molecule has 1 aromatic carbocycles. The van der Waals surface area contributed by atoms with Gasteiger partial charge in [-0.05, 0) is 49.3 Å². The summed E-state index contributed by atoms with van der Waals surface area (Å²) in [6.45, 7) is 7.03. The number of carboxylic acids is 1. The van der Waals surface area contributed by atoms with Crippen LogP contribution in [0, 0.1) is 17.8 Å². The summed E-state index contributed by atoms with van der Waals surface area (Å²) in [4.78, 5) is 166. The lowest BCUT2D eigenvalue weighted by Gasteiger charge is -2.32. The molecule has 3 aliphatic rings.